The normalized spacial score (nSPS) is 17.8. The Hall–Kier alpha value is -1.06. The maximum Gasteiger partial charge on any atom is 0.299 e. The summed E-state index contributed by atoms with van der Waals surface area (Å²) in [5.41, 5.74) is 0. The molecule has 0 N–H and O–H groups in total. The Morgan fingerprint density at radius 2 is 2.40 bits per heavy atom. The van der Waals surface area contributed by atoms with E-state index in [1.807, 2.05) is 0 Å². The molecule has 0 spiro atoms. The first kappa shape index (κ1) is 7.05. The van der Waals surface area contributed by atoms with Crippen molar-refractivity contribution in [3.8, 4) is 0 Å². The minimum Gasteiger partial charge on any atom is -0.281 e. The number of nitrogens with zero attached hydrogens (tertiary/aromatic N) is 1. The van der Waals surface area contributed by atoms with Crippen LogP contribution < -0.4 is 0 Å². The van der Waals surface area contributed by atoms with Crippen LogP contribution in [-0.4, -0.2) is 5.09 Å². The van der Waals surface area contributed by atoms with Gasteiger partial charge < -0.3 is 0 Å². The number of hydrogen-bond donors (Lipinski definition) is 0. The highest BCUT2D eigenvalue weighted by molar-refractivity contribution is 4.95. The van der Waals surface area contributed by atoms with E-state index in [2.05, 4.69) is 4.84 Å². The molecule has 0 heterocycles. The highest BCUT2D eigenvalue weighted by Gasteiger charge is 2.06. The molecule has 0 amide bonds. The Labute approximate surface area is 58.6 Å². The molecule has 0 aromatic rings. The number of hydrogen-bond acceptors (Lipinski definition) is 3. The largest absolute Gasteiger partial charge is 0.299 e. The summed E-state index contributed by atoms with van der Waals surface area (Å²) in [7, 11) is 0. The van der Waals surface area contributed by atoms with Gasteiger partial charge in [-0.25, -0.2) is 0 Å². The van der Waals surface area contributed by atoms with Gasteiger partial charge in [-0.3, -0.25) is 4.84 Å². The van der Waals surface area contributed by atoms with Gasteiger partial charge in [-0.1, -0.05) is 6.08 Å². The molecule has 4 nitrogen and oxygen atoms in total. The van der Waals surface area contributed by atoms with Crippen LogP contribution in [0.2, 0.25) is 0 Å². The predicted octanol–water partition coefficient (Wildman–Crippen LogP) is 1.65. The molecule has 0 unspecified atom stereocenters. The second-order valence-electron chi connectivity index (χ2n) is 2.23. The molecule has 1 aliphatic carbocycles. The first-order valence-electron chi connectivity index (χ1n) is 3.30. The zero-order chi connectivity index (χ0) is 7.40. The fraction of sp³-hybridized carbons (Fsp3) is 0.667. The number of rotatable bonds is 2. The van der Waals surface area contributed by atoms with E-state index in [4.69, 9.17) is 0 Å². The van der Waals surface area contributed by atoms with Gasteiger partial charge in [0.25, 0.3) is 5.09 Å². The Bertz CT molecular complexity index is 164. The standard InChI is InChI=1S/C6H9NO3/c8-7(9)10-6-4-2-1-3-5-6/h4H,1-3,5H2. The Kier molecular flexibility index (Phi) is 2.25. The van der Waals surface area contributed by atoms with Gasteiger partial charge in [-0.15, -0.1) is 10.1 Å². The molecular weight excluding hydrogens is 134 g/mol. The van der Waals surface area contributed by atoms with Crippen LogP contribution in [0.3, 0.4) is 0 Å². The summed E-state index contributed by atoms with van der Waals surface area (Å²) in [6.45, 7) is 0. The van der Waals surface area contributed by atoms with Crippen LogP contribution in [0, 0.1) is 10.1 Å². The fourth-order valence-corrected chi connectivity index (χ4v) is 0.987. The highest BCUT2D eigenvalue weighted by Crippen LogP contribution is 2.17. The third-order valence-corrected chi connectivity index (χ3v) is 1.44. The molecule has 0 saturated heterocycles. The lowest BCUT2D eigenvalue weighted by atomic mass is 10.1. The summed E-state index contributed by atoms with van der Waals surface area (Å²) in [5.74, 6) is 0.510. The highest BCUT2D eigenvalue weighted by atomic mass is 17.0. The van der Waals surface area contributed by atoms with Crippen LogP contribution in [-0.2, 0) is 4.84 Å². The summed E-state index contributed by atoms with van der Waals surface area (Å²) >= 11 is 0. The first-order valence-corrected chi connectivity index (χ1v) is 3.30. The summed E-state index contributed by atoms with van der Waals surface area (Å²) in [5, 5.41) is 9.06. The smallest absolute Gasteiger partial charge is 0.281 e. The van der Waals surface area contributed by atoms with Gasteiger partial charge in [0.2, 0.25) is 0 Å². The molecule has 1 aliphatic rings. The maximum atomic E-state index is 9.81. The lowest BCUT2D eigenvalue weighted by Crippen LogP contribution is -2.02. The molecule has 0 atom stereocenters. The van der Waals surface area contributed by atoms with E-state index < -0.39 is 5.09 Å². The third kappa shape index (κ3) is 2.05. The lowest BCUT2D eigenvalue weighted by molar-refractivity contribution is -0.743. The van der Waals surface area contributed by atoms with E-state index >= 15 is 0 Å². The fourth-order valence-electron chi connectivity index (χ4n) is 0.987. The zero-order valence-corrected chi connectivity index (χ0v) is 5.58. The van der Waals surface area contributed by atoms with Crippen LogP contribution in [0.1, 0.15) is 25.7 Å². The first-order chi connectivity index (χ1) is 4.79. The Balaban J connectivity index is 2.38. The van der Waals surface area contributed by atoms with Crippen LogP contribution >= 0.6 is 0 Å². The molecule has 56 valence electrons. The van der Waals surface area contributed by atoms with Crippen molar-refractivity contribution in [2.45, 2.75) is 25.7 Å². The average Bonchev–Trinajstić information content (AvgIpc) is 1.88. The van der Waals surface area contributed by atoms with E-state index in [9.17, 15) is 10.1 Å². The van der Waals surface area contributed by atoms with Crippen molar-refractivity contribution in [3.63, 3.8) is 0 Å². The van der Waals surface area contributed by atoms with Crippen molar-refractivity contribution in [1.82, 2.24) is 0 Å². The van der Waals surface area contributed by atoms with Gasteiger partial charge in [0.15, 0.2) is 0 Å². The minimum absolute atomic E-state index is 0.510. The van der Waals surface area contributed by atoms with E-state index in [1.165, 1.54) is 0 Å². The van der Waals surface area contributed by atoms with Crippen molar-refractivity contribution in [2.75, 3.05) is 0 Å². The topological polar surface area (TPSA) is 52.4 Å². The van der Waals surface area contributed by atoms with Gasteiger partial charge in [0, 0.05) is 0 Å². The molecule has 10 heavy (non-hydrogen) atoms. The molecule has 0 radical (unpaired) electrons. The van der Waals surface area contributed by atoms with E-state index in [0.717, 1.165) is 19.3 Å². The monoisotopic (exact) mass is 143 g/mol. The summed E-state index contributed by atoms with van der Waals surface area (Å²) in [6.07, 6.45) is 5.51. The summed E-state index contributed by atoms with van der Waals surface area (Å²) in [6, 6.07) is 0. The molecule has 0 aromatic heterocycles. The quantitative estimate of drug-likeness (QED) is 0.436. The van der Waals surface area contributed by atoms with Crippen molar-refractivity contribution >= 4 is 0 Å². The van der Waals surface area contributed by atoms with E-state index in [0.29, 0.717) is 12.2 Å². The van der Waals surface area contributed by atoms with Crippen molar-refractivity contribution in [3.05, 3.63) is 21.9 Å². The SMILES string of the molecule is O=[N+]([O-])OC1=CCCCC1. The molecule has 0 fully saturated rings. The van der Waals surface area contributed by atoms with Crippen molar-refractivity contribution in [2.24, 2.45) is 0 Å². The second kappa shape index (κ2) is 3.20. The van der Waals surface area contributed by atoms with Gasteiger partial charge in [0.1, 0.15) is 0 Å². The molecule has 1 rings (SSSR count). The van der Waals surface area contributed by atoms with Crippen LogP contribution in [0.15, 0.2) is 11.8 Å². The average molecular weight is 143 g/mol. The predicted molar refractivity (Wildman–Crippen MR) is 34.6 cm³/mol. The van der Waals surface area contributed by atoms with Gasteiger partial charge in [-0.2, -0.15) is 0 Å². The Morgan fingerprint density at radius 1 is 1.60 bits per heavy atom. The van der Waals surface area contributed by atoms with Gasteiger partial charge in [-0.05, 0) is 25.7 Å². The molecule has 0 bridgehead atoms. The summed E-state index contributed by atoms with van der Waals surface area (Å²) in [4.78, 5) is 14.1. The molecular formula is C6H9NO3. The maximum absolute atomic E-state index is 9.81. The lowest BCUT2D eigenvalue weighted by Gasteiger charge is -2.08. The van der Waals surface area contributed by atoms with Crippen molar-refractivity contribution in [1.29, 1.82) is 0 Å². The molecule has 4 heteroatoms. The van der Waals surface area contributed by atoms with Gasteiger partial charge >= 0.3 is 0 Å². The Morgan fingerprint density at radius 3 is 2.90 bits per heavy atom. The van der Waals surface area contributed by atoms with Crippen LogP contribution in [0.5, 0.6) is 0 Å². The zero-order valence-electron chi connectivity index (χ0n) is 5.58. The van der Waals surface area contributed by atoms with E-state index in [-0.39, 0.29) is 0 Å². The minimum atomic E-state index is -0.753. The van der Waals surface area contributed by atoms with Crippen LogP contribution in [0.4, 0.5) is 0 Å². The molecule has 0 aliphatic heterocycles. The second-order valence-corrected chi connectivity index (χ2v) is 2.23. The molecule has 0 aromatic carbocycles. The third-order valence-electron chi connectivity index (χ3n) is 1.44. The van der Waals surface area contributed by atoms with Crippen LogP contribution in [0.25, 0.3) is 0 Å². The van der Waals surface area contributed by atoms with E-state index in [1.54, 1.807) is 6.08 Å². The van der Waals surface area contributed by atoms with Crippen molar-refractivity contribution < 1.29 is 9.92 Å². The summed E-state index contributed by atoms with van der Waals surface area (Å²) < 4.78 is 0. The van der Waals surface area contributed by atoms with Gasteiger partial charge in [0.05, 0.1) is 5.76 Å². The molecule has 0 saturated carbocycles. The number of allylic oxidation sites excluding steroid dienone is 2.